The van der Waals surface area contributed by atoms with Crippen LogP contribution in [0.3, 0.4) is 0 Å². The van der Waals surface area contributed by atoms with Gasteiger partial charge in [0.15, 0.2) is 5.96 Å². The molecule has 1 aromatic rings. The van der Waals surface area contributed by atoms with E-state index in [0.717, 1.165) is 31.2 Å². The summed E-state index contributed by atoms with van der Waals surface area (Å²) in [6.07, 6.45) is 0.626. The van der Waals surface area contributed by atoms with Crippen LogP contribution in [0.25, 0.3) is 0 Å². The van der Waals surface area contributed by atoms with Crippen molar-refractivity contribution in [1.82, 2.24) is 25.3 Å². The van der Waals surface area contributed by atoms with Gasteiger partial charge in [-0.15, -0.1) is 24.0 Å². The Morgan fingerprint density at radius 3 is 2.48 bits per heavy atom. The van der Waals surface area contributed by atoms with E-state index < -0.39 is 5.60 Å². The maximum Gasteiger partial charge on any atom is 0.410 e. The summed E-state index contributed by atoms with van der Waals surface area (Å²) in [5.74, 6) is 0.760. The van der Waals surface area contributed by atoms with Gasteiger partial charge in [-0.3, -0.25) is 9.67 Å². The van der Waals surface area contributed by atoms with Crippen LogP contribution in [0.15, 0.2) is 11.1 Å². The minimum absolute atomic E-state index is 0. The van der Waals surface area contributed by atoms with Gasteiger partial charge >= 0.3 is 6.09 Å². The number of rotatable bonds is 9. The molecule has 8 nitrogen and oxygen atoms in total. The summed E-state index contributed by atoms with van der Waals surface area (Å²) in [5, 5.41) is 11.0. The molecule has 0 spiro atoms. The fourth-order valence-electron chi connectivity index (χ4n) is 2.67. The smallest absolute Gasteiger partial charge is 0.410 e. The summed E-state index contributed by atoms with van der Waals surface area (Å²) in [5.41, 5.74) is 1.73. The molecule has 1 rings (SSSR count). The number of halogens is 1. The number of carbonyl (C=O) groups is 1. The lowest BCUT2D eigenvalue weighted by molar-refractivity contribution is 0.0264. The Labute approximate surface area is 192 Å². The number of carbonyl (C=O) groups excluding carboxylic acids is 1. The van der Waals surface area contributed by atoms with Crippen molar-refractivity contribution in [3.8, 4) is 0 Å². The highest BCUT2D eigenvalue weighted by molar-refractivity contribution is 14.0. The zero-order valence-corrected chi connectivity index (χ0v) is 21.4. The third-order valence-corrected chi connectivity index (χ3v) is 3.95. The molecule has 0 bridgehead atoms. The third kappa shape index (κ3) is 11.3. The molecule has 2 N–H and O–H groups in total. The number of ether oxygens (including phenoxy) is 1. The van der Waals surface area contributed by atoms with Crippen molar-refractivity contribution in [3.05, 3.63) is 17.5 Å². The lowest BCUT2D eigenvalue weighted by Gasteiger charge is -2.26. The number of aromatic nitrogens is 2. The number of likely N-dealkylation sites (N-methyl/N-ethyl adjacent to an activating group) is 1. The summed E-state index contributed by atoms with van der Waals surface area (Å²) in [4.78, 5) is 18.5. The zero-order valence-electron chi connectivity index (χ0n) is 19.0. The van der Waals surface area contributed by atoms with E-state index in [1.165, 1.54) is 5.69 Å². The SMILES string of the molecule is CCNC(=NCCCn1nc(C)cc1C)NCCN(CC)C(=O)OC(C)(C)C.I. The molecule has 0 aliphatic rings. The second kappa shape index (κ2) is 13.7. The lowest BCUT2D eigenvalue weighted by atomic mass is 10.2. The van der Waals surface area contributed by atoms with E-state index in [2.05, 4.69) is 33.7 Å². The monoisotopic (exact) mass is 522 g/mol. The number of amides is 1. The van der Waals surface area contributed by atoms with Gasteiger partial charge in [-0.05, 0) is 61.0 Å². The number of aliphatic imine (C=N–C) groups is 1. The fourth-order valence-corrected chi connectivity index (χ4v) is 2.67. The minimum Gasteiger partial charge on any atom is -0.444 e. The Hall–Kier alpha value is -1.52. The number of guanidine groups is 1. The molecule has 168 valence electrons. The molecule has 0 unspecified atom stereocenters. The van der Waals surface area contributed by atoms with Crippen LogP contribution in [-0.4, -0.2) is 65.1 Å². The number of nitrogens with zero attached hydrogens (tertiary/aromatic N) is 4. The molecule has 0 aliphatic heterocycles. The second-order valence-electron chi connectivity index (χ2n) is 7.75. The Balaban J connectivity index is 0.00000784. The largest absolute Gasteiger partial charge is 0.444 e. The molecule has 0 aliphatic carbocycles. The fraction of sp³-hybridized carbons (Fsp3) is 0.750. The van der Waals surface area contributed by atoms with Gasteiger partial charge in [-0.25, -0.2) is 4.79 Å². The van der Waals surface area contributed by atoms with E-state index in [1.807, 2.05) is 46.2 Å². The Morgan fingerprint density at radius 1 is 1.28 bits per heavy atom. The van der Waals surface area contributed by atoms with E-state index >= 15 is 0 Å². The first kappa shape index (κ1) is 27.5. The van der Waals surface area contributed by atoms with Gasteiger partial charge in [0.25, 0.3) is 0 Å². The molecule has 29 heavy (non-hydrogen) atoms. The first-order chi connectivity index (χ1) is 13.2. The molecule has 1 heterocycles. The van der Waals surface area contributed by atoms with Crippen LogP contribution >= 0.6 is 24.0 Å². The third-order valence-electron chi connectivity index (χ3n) is 3.95. The van der Waals surface area contributed by atoms with E-state index in [-0.39, 0.29) is 30.1 Å². The molecular formula is C20H39IN6O2. The van der Waals surface area contributed by atoms with Gasteiger partial charge in [0, 0.05) is 45.0 Å². The summed E-state index contributed by atoms with van der Waals surface area (Å²) in [7, 11) is 0. The van der Waals surface area contributed by atoms with Crippen LogP contribution in [-0.2, 0) is 11.3 Å². The van der Waals surface area contributed by atoms with Crippen LogP contribution < -0.4 is 10.6 Å². The van der Waals surface area contributed by atoms with Crippen molar-refractivity contribution in [3.63, 3.8) is 0 Å². The average molecular weight is 522 g/mol. The summed E-state index contributed by atoms with van der Waals surface area (Å²) in [6.45, 7) is 17.8. The summed E-state index contributed by atoms with van der Waals surface area (Å²) < 4.78 is 7.45. The molecule has 9 heteroatoms. The van der Waals surface area contributed by atoms with Crippen LogP contribution in [0, 0.1) is 13.8 Å². The van der Waals surface area contributed by atoms with Crippen molar-refractivity contribution in [2.45, 2.75) is 67.0 Å². The number of nitrogens with one attached hydrogen (secondary N) is 2. The average Bonchev–Trinajstić information content (AvgIpc) is 2.91. The van der Waals surface area contributed by atoms with Gasteiger partial charge in [-0.2, -0.15) is 5.10 Å². The second-order valence-corrected chi connectivity index (χ2v) is 7.75. The van der Waals surface area contributed by atoms with E-state index in [4.69, 9.17) is 4.74 Å². The summed E-state index contributed by atoms with van der Waals surface area (Å²) >= 11 is 0. The Kier molecular flexibility index (Phi) is 12.9. The van der Waals surface area contributed by atoms with Crippen molar-refractivity contribution >= 4 is 36.0 Å². The molecule has 0 saturated carbocycles. The molecule has 1 amide bonds. The van der Waals surface area contributed by atoms with Gasteiger partial charge < -0.3 is 20.3 Å². The van der Waals surface area contributed by atoms with E-state index in [0.29, 0.717) is 26.2 Å². The number of aryl methyl sites for hydroxylation is 3. The maximum absolute atomic E-state index is 12.2. The topological polar surface area (TPSA) is 83.8 Å². The minimum atomic E-state index is -0.486. The van der Waals surface area contributed by atoms with Crippen LogP contribution in [0.5, 0.6) is 0 Å². The molecule has 0 aromatic carbocycles. The van der Waals surface area contributed by atoms with Crippen molar-refractivity contribution in [2.24, 2.45) is 4.99 Å². The summed E-state index contributed by atoms with van der Waals surface area (Å²) in [6, 6.07) is 2.08. The van der Waals surface area contributed by atoms with Crippen LogP contribution in [0.1, 0.15) is 52.4 Å². The van der Waals surface area contributed by atoms with E-state index in [1.54, 1.807) is 4.90 Å². The van der Waals surface area contributed by atoms with Crippen molar-refractivity contribution in [2.75, 3.05) is 32.7 Å². The molecule has 1 aromatic heterocycles. The van der Waals surface area contributed by atoms with Gasteiger partial charge in [0.1, 0.15) is 5.60 Å². The number of hydrogen-bond donors (Lipinski definition) is 2. The molecule has 0 radical (unpaired) electrons. The Morgan fingerprint density at radius 2 is 1.97 bits per heavy atom. The quantitative estimate of drug-likeness (QED) is 0.225. The standard InChI is InChI=1S/C20H38N6O2.HI/c1-8-21-18(22-11-10-13-26-17(4)15-16(3)24-26)23-12-14-25(9-2)19(27)28-20(5,6)7;/h15H,8-14H2,1-7H3,(H2,21,22,23);1H. The van der Waals surface area contributed by atoms with Gasteiger partial charge in [0.05, 0.1) is 5.69 Å². The van der Waals surface area contributed by atoms with Crippen molar-refractivity contribution < 1.29 is 9.53 Å². The van der Waals surface area contributed by atoms with Crippen molar-refractivity contribution in [1.29, 1.82) is 0 Å². The highest BCUT2D eigenvalue weighted by Gasteiger charge is 2.20. The highest BCUT2D eigenvalue weighted by Crippen LogP contribution is 2.09. The molecule has 0 atom stereocenters. The predicted octanol–water partition coefficient (Wildman–Crippen LogP) is 3.32. The molecule has 0 saturated heterocycles. The highest BCUT2D eigenvalue weighted by atomic mass is 127. The normalized spacial score (nSPS) is 11.6. The first-order valence-corrected chi connectivity index (χ1v) is 10.2. The van der Waals surface area contributed by atoms with Gasteiger partial charge in [0.2, 0.25) is 0 Å². The van der Waals surface area contributed by atoms with Gasteiger partial charge in [-0.1, -0.05) is 0 Å². The van der Waals surface area contributed by atoms with E-state index in [9.17, 15) is 4.79 Å². The number of hydrogen-bond acceptors (Lipinski definition) is 4. The van der Waals surface area contributed by atoms with Crippen LogP contribution in [0.4, 0.5) is 4.79 Å². The lowest BCUT2D eigenvalue weighted by Crippen LogP contribution is -2.44. The molecular weight excluding hydrogens is 483 g/mol. The maximum atomic E-state index is 12.2. The predicted molar refractivity (Wildman–Crippen MR) is 129 cm³/mol. The Bertz CT molecular complexity index is 639. The van der Waals surface area contributed by atoms with Crippen LogP contribution in [0.2, 0.25) is 0 Å². The zero-order chi connectivity index (χ0) is 21.2. The molecule has 0 fully saturated rings. The first-order valence-electron chi connectivity index (χ1n) is 10.2.